The van der Waals surface area contributed by atoms with Crippen LogP contribution in [0.4, 0.5) is 4.39 Å². The van der Waals surface area contributed by atoms with Gasteiger partial charge in [0.25, 0.3) is 11.8 Å². The minimum absolute atomic E-state index is 0.0611. The number of hydrogen-bond donors (Lipinski definition) is 2. The molecule has 3 heterocycles. The summed E-state index contributed by atoms with van der Waals surface area (Å²) in [5.74, 6) is 0.423. The van der Waals surface area contributed by atoms with E-state index in [1.54, 1.807) is 59.3 Å². The maximum absolute atomic E-state index is 14.9. The van der Waals surface area contributed by atoms with Crippen molar-refractivity contribution in [3.05, 3.63) is 83.8 Å². The third kappa shape index (κ3) is 4.95. The van der Waals surface area contributed by atoms with Gasteiger partial charge in [-0.1, -0.05) is 18.2 Å². The summed E-state index contributed by atoms with van der Waals surface area (Å²) in [6.45, 7) is 2.41. The predicted octanol–water partition coefficient (Wildman–Crippen LogP) is 3.30. The highest BCUT2D eigenvalue weighted by molar-refractivity contribution is 5.96. The Kier molecular flexibility index (Phi) is 7.07. The molecule has 2 amide bonds. The molecule has 5 rings (SSSR count). The van der Waals surface area contributed by atoms with E-state index >= 15 is 0 Å². The molecule has 1 aliphatic rings. The molecule has 0 bridgehead atoms. The van der Waals surface area contributed by atoms with Crippen molar-refractivity contribution in [3.8, 4) is 23.0 Å². The smallest absolute Gasteiger partial charge is 0.270 e. The second-order valence-electron chi connectivity index (χ2n) is 8.81. The number of carbonyl (C=O) groups excluding carboxylic acids is 2. The van der Waals surface area contributed by atoms with Gasteiger partial charge < -0.3 is 15.4 Å². The number of amides is 2. The zero-order chi connectivity index (χ0) is 26.6. The van der Waals surface area contributed by atoms with Crippen molar-refractivity contribution < 1.29 is 18.7 Å². The van der Waals surface area contributed by atoms with Gasteiger partial charge in [-0.2, -0.15) is 0 Å². The molecule has 38 heavy (non-hydrogen) atoms. The molecule has 1 saturated carbocycles. The molecule has 0 spiro atoms. The Balaban J connectivity index is 1.36. The second kappa shape index (κ2) is 10.8. The highest BCUT2D eigenvalue weighted by Gasteiger charge is 2.36. The Morgan fingerprint density at radius 3 is 2.47 bits per heavy atom. The lowest BCUT2D eigenvalue weighted by Crippen LogP contribution is -2.44. The van der Waals surface area contributed by atoms with Crippen LogP contribution in [0, 0.1) is 5.82 Å². The van der Waals surface area contributed by atoms with Crippen LogP contribution in [0.3, 0.4) is 0 Å². The van der Waals surface area contributed by atoms with Crippen molar-refractivity contribution in [3.63, 3.8) is 0 Å². The number of carbonyl (C=O) groups is 2. The van der Waals surface area contributed by atoms with Gasteiger partial charge in [-0.25, -0.2) is 14.4 Å². The standard InChI is InChI=1S/C27H26FN7O3/c1-3-38-18-11-12-20(30-15-18)25-34-33-24(35(25)23-10-5-4-7-19(23)28)16-13-17(14-16)31-27(37)22-9-6-8-21(32-22)26(36)29-2/h4-12,15-17H,3,13-14H2,1-2H3,(H,29,36)(H,31,37). The first-order valence-electron chi connectivity index (χ1n) is 12.3. The third-order valence-corrected chi connectivity index (χ3v) is 6.34. The largest absolute Gasteiger partial charge is 0.492 e. The number of hydrogen-bond acceptors (Lipinski definition) is 7. The van der Waals surface area contributed by atoms with Crippen molar-refractivity contribution in [2.45, 2.75) is 31.7 Å². The predicted molar refractivity (Wildman–Crippen MR) is 137 cm³/mol. The van der Waals surface area contributed by atoms with Gasteiger partial charge in [-0.15, -0.1) is 10.2 Å². The number of aromatic nitrogens is 5. The van der Waals surface area contributed by atoms with Gasteiger partial charge in [0.2, 0.25) is 0 Å². The van der Waals surface area contributed by atoms with Crippen LogP contribution in [-0.2, 0) is 0 Å². The number of pyridine rings is 2. The quantitative estimate of drug-likeness (QED) is 0.369. The highest BCUT2D eigenvalue weighted by Crippen LogP contribution is 2.39. The van der Waals surface area contributed by atoms with E-state index in [1.165, 1.54) is 13.1 Å². The second-order valence-corrected chi connectivity index (χ2v) is 8.81. The SMILES string of the molecule is CCOc1ccc(-c2nnc(C3CC(NC(=O)c4cccc(C(=O)NC)n4)C3)n2-c2ccccc2F)nc1. The van der Waals surface area contributed by atoms with Crippen molar-refractivity contribution in [2.75, 3.05) is 13.7 Å². The Morgan fingerprint density at radius 2 is 1.79 bits per heavy atom. The molecular formula is C27H26FN7O3. The fourth-order valence-electron chi connectivity index (χ4n) is 4.38. The molecule has 1 aliphatic carbocycles. The molecule has 11 heteroatoms. The van der Waals surface area contributed by atoms with Gasteiger partial charge >= 0.3 is 0 Å². The Morgan fingerprint density at radius 1 is 1.03 bits per heavy atom. The number of nitrogens with zero attached hydrogens (tertiary/aromatic N) is 5. The van der Waals surface area contributed by atoms with Gasteiger partial charge in [0, 0.05) is 19.0 Å². The summed E-state index contributed by atoms with van der Waals surface area (Å²) in [7, 11) is 1.50. The molecule has 10 nitrogen and oxygen atoms in total. The average molecular weight is 516 g/mol. The summed E-state index contributed by atoms with van der Waals surface area (Å²) in [6.07, 6.45) is 2.77. The van der Waals surface area contributed by atoms with Crippen LogP contribution >= 0.6 is 0 Å². The van der Waals surface area contributed by atoms with Crippen molar-refractivity contribution >= 4 is 11.8 Å². The van der Waals surface area contributed by atoms with Crippen LogP contribution < -0.4 is 15.4 Å². The highest BCUT2D eigenvalue weighted by atomic mass is 19.1. The molecule has 0 radical (unpaired) electrons. The maximum atomic E-state index is 14.9. The van der Waals surface area contributed by atoms with E-state index in [9.17, 15) is 14.0 Å². The summed E-state index contributed by atoms with van der Waals surface area (Å²) in [5, 5.41) is 14.2. The first kappa shape index (κ1) is 25.0. The zero-order valence-electron chi connectivity index (χ0n) is 20.9. The van der Waals surface area contributed by atoms with Crippen molar-refractivity contribution in [1.82, 2.24) is 35.4 Å². The molecule has 0 unspecified atom stereocenters. The zero-order valence-corrected chi connectivity index (χ0v) is 20.9. The van der Waals surface area contributed by atoms with Crippen molar-refractivity contribution in [2.24, 2.45) is 0 Å². The molecule has 1 fully saturated rings. The molecule has 1 aromatic carbocycles. The molecule has 4 aromatic rings. The molecule has 0 aliphatic heterocycles. The van der Waals surface area contributed by atoms with E-state index in [1.807, 2.05) is 6.92 Å². The molecule has 3 aromatic heterocycles. The monoisotopic (exact) mass is 515 g/mol. The van der Waals surface area contributed by atoms with Crippen LogP contribution in [-0.4, -0.2) is 56.2 Å². The summed E-state index contributed by atoms with van der Waals surface area (Å²) >= 11 is 0. The van der Waals surface area contributed by atoms with Crippen LogP contribution in [0.15, 0.2) is 60.8 Å². The molecule has 0 atom stereocenters. The Hall–Kier alpha value is -4.67. The van der Waals surface area contributed by atoms with Gasteiger partial charge in [-0.05, 0) is 56.2 Å². The Labute approximate surface area is 218 Å². The molecular weight excluding hydrogens is 489 g/mol. The van der Waals surface area contributed by atoms with Gasteiger partial charge in [0.15, 0.2) is 5.82 Å². The summed E-state index contributed by atoms with van der Waals surface area (Å²) in [5.41, 5.74) is 1.18. The normalized spacial score (nSPS) is 16.4. The molecule has 2 N–H and O–H groups in total. The summed E-state index contributed by atoms with van der Waals surface area (Å²) in [6, 6.07) is 14.6. The van der Waals surface area contributed by atoms with E-state index < -0.39 is 5.82 Å². The average Bonchev–Trinajstić information content (AvgIpc) is 3.35. The number of rotatable bonds is 8. The number of nitrogens with one attached hydrogen (secondary N) is 2. The number of benzene rings is 1. The third-order valence-electron chi connectivity index (χ3n) is 6.34. The topological polar surface area (TPSA) is 124 Å². The lowest BCUT2D eigenvalue weighted by molar-refractivity contribution is 0.0901. The fourth-order valence-corrected chi connectivity index (χ4v) is 4.38. The van der Waals surface area contributed by atoms with Gasteiger partial charge in [0.1, 0.15) is 34.5 Å². The first-order chi connectivity index (χ1) is 18.5. The molecule has 0 saturated heterocycles. The number of para-hydroxylation sites is 1. The van der Waals surface area contributed by atoms with Crippen LogP contribution in [0.1, 0.15) is 52.5 Å². The minimum atomic E-state index is -0.410. The minimum Gasteiger partial charge on any atom is -0.492 e. The van der Waals surface area contributed by atoms with Crippen molar-refractivity contribution in [1.29, 1.82) is 0 Å². The van der Waals surface area contributed by atoms with Gasteiger partial charge in [0.05, 0.1) is 18.5 Å². The van der Waals surface area contributed by atoms with E-state index in [0.29, 0.717) is 48.2 Å². The first-order valence-corrected chi connectivity index (χ1v) is 12.3. The summed E-state index contributed by atoms with van der Waals surface area (Å²) < 4.78 is 22.1. The van der Waals surface area contributed by atoms with Crippen LogP contribution in [0.2, 0.25) is 0 Å². The fraction of sp³-hybridized carbons (Fsp3) is 0.259. The lowest BCUT2D eigenvalue weighted by atomic mass is 9.79. The van der Waals surface area contributed by atoms with Gasteiger partial charge in [-0.3, -0.25) is 14.2 Å². The maximum Gasteiger partial charge on any atom is 0.270 e. The number of halogens is 1. The Bertz CT molecular complexity index is 1470. The van der Waals surface area contributed by atoms with E-state index in [0.717, 1.165) is 0 Å². The van der Waals surface area contributed by atoms with Crippen LogP contribution in [0.5, 0.6) is 5.75 Å². The van der Waals surface area contributed by atoms with Crippen LogP contribution in [0.25, 0.3) is 17.2 Å². The van der Waals surface area contributed by atoms with E-state index in [2.05, 4.69) is 30.8 Å². The van der Waals surface area contributed by atoms with E-state index in [-0.39, 0.29) is 35.2 Å². The lowest BCUT2D eigenvalue weighted by Gasteiger charge is -2.35. The summed E-state index contributed by atoms with van der Waals surface area (Å²) in [4.78, 5) is 33.2. The molecule has 194 valence electrons. The number of ether oxygens (including phenoxy) is 1. The van der Waals surface area contributed by atoms with E-state index in [4.69, 9.17) is 4.74 Å².